The number of aryl methyl sites for hydroxylation is 2. The van der Waals surface area contributed by atoms with E-state index in [0.717, 1.165) is 16.7 Å². The van der Waals surface area contributed by atoms with Crippen molar-refractivity contribution in [2.45, 2.75) is 26.3 Å². The first-order valence-electron chi connectivity index (χ1n) is 4.45. The Labute approximate surface area is 79.4 Å². The SMILES string of the molecule is Cc1cccc(C)c1[C@@](C)(N)CO. The molecule has 0 fully saturated rings. The summed E-state index contributed by atoms with van der Waals surface area (Å²) in [7, 11) is 0. The molecule has 2 heteroatoms. The van der Waals surface area contributed by atoms with E-state index in [2.05, 4.69) is 0 Å². The normalized spacial score (nSPS) is 15.5. The van der Waals surface area contributed by atoms with Crippen LogP contribution in [-0.2, 0) is 5.54 Å². The Balaban J connectivity index is 3.28. The van der Waals surface area contributed by atoms with Crippen LogP contribution < -0.4 is 5.73 Å². The summed E-state index contributed by atoms with van der Waals surface area (Å²) in [6.07, 6.45) is 0. The lowest BCUT2D eigenvalue weighted by Gasteiger charge is -2.26. The second-order valence-corrected chi connectivity index (χ2v) is 3.84. The van der Waals surface area contributed by atoms with Gasteiger partial charge in [0.05, 0.1) is 12.1 Å². The maximum absolute atomic E-state index is 9.17. The van der Waals surface area contributed by atoms with Crippen molar-refractivity contribution in [3.05, 3.63) is 34.9 Å². The van der Waals surface area contributed by atoms with E-state index in [-0.39, 0.29) is 6.61 Å². The number of aliphatic hydroxyl groups excluding tert-OH is 1. The van der Waals surface area contributed by atoms with Gasteiger partial charge in [-0.3, -0.25) is 0 Å². The predicted molar refractivity (Wildman–Crippen MR) is 54.5 cm³/mol. The molecule has 0 heterocycles. The van der Waals surface area contributed by atoms with Gasteiger partial charge in [0.2, 0.25) is 0 Å². The second-order valence-electron chi connectivity index (χ2n) is 3.84. The van der Waals surface area contributed by atoms with Gasteiger partial charge in [-0.2, -0.15) is 0 Å². The van der Waals surface area contributed by atoms with Gasteiger partial charge in [0.15, 0.2) is 0 Å². The first-order chi connectivity index (χ1) is 5.99. The topological polar surface area (TPSA) is 46.2 Å². The van der Waals surface area contributed by atoms with Crippen LogP contribution in [0.1, 0.15) is 23.6 Å². The van der Waals surface area contributed by atoms with Gasteiger partial charge < -0.3 is 10.8 Å². The van der Waals surface area contributed by atoms with Gasteiger partial charge in [-0.25, -0.2) is 0 Å². The predicted octanol–water partition coefficient (Wildman–Crippen LogP) is 1.47. The molecule has 0 aromatic heterocycles. The number of aliphatic hydroxyl groups is 1. The molecule has 0 spiro atoms. The lowest BCUT2D eigenvalue weighted by molar-refractivity contribution is 0.209. The fraction of sp³-hybridized carbons (Fsp3) is 0.455. The third-order valence-electron chi connectivity index (χ3n) is 2.38. The van der Waals surface area contributed by atoms with Gasteiger partial charge in [-0.1, -0.05) is 18.2 Å². The van der Waals surface area contributed by atoms with Crippen molar-refractivity contribution in [3.8, 4) is 0 Å². The van der Waals surface area contributed by atoms with E-state index in [1.165, 1.54) is 0 Å². The van der Waals surface area contributed by atoms with E-state index in [4.69, 9.17) is 5.73 Å². The van der Waals surface area contributed by atoms with Gasteiger partial charge in [-0.15, -0.1) is 0 Å². The maximum Gasteiger partial charge on any atom is 0.0650 e. The molecule has 3 N–H and O–H groups in total. The Morgan fingerprint density at radius 2 is 1.77 bits per heavy atom. The first-order valence-corrected chi connectivity index (χ1v) is 4.45. The van der Waals surface area contributed by atoms with Crippen molar-refractivity contribution < 1.29 is 5.11 Å². The van der Waals surface area contributed by atoms with E-state index >= 15 is 0 Å². The largest absolute Gasteiger partial charge is 0.394 e. The minimum Gasteiger partial charge on any atom is -0.394 e. The van der Waals surface area contributed by atoms with Gasteiger partial charge in [0, 0.05) is 0 Å². The summed E-state index contributed by atoms with van der Waals surface area (Å²) in [5.74, 6) is 0. The number of nitrogens with two attached hydrogens (primary N) is 1. The van der Waals surface area contributed by atoms with Crippen LogP contribution in [0.2, 0.25) is 0 Å². The molecule has 2 nitrogen and oxygen atoms in total. The zero-order valence-electron chi connectivity index (χ0n) is 8.46. The fourth-order valence-electron chi connectivity index (χ4n) is 1.79. The van der Waals surface area contributed by atoms with Crippen LogP contribution in [0.3, 0.4) is 0 Å². The molecule has 72 valence electrons. The van der Waals surface area contributed by atoms with Crippen LogP contribution in [0, 0.1) is 13.8 Å². The van der Waals surface area contributed by atoms with E-state index in [0.29, 0.717) is 0 Å². The summed E-state index contributed by atoms with van der Waals surface area (Å²) >= 11 is 0. The third kappa shape index (κ3) is 1.90. The molecule has 1 aromatic rings. The molecule has 0 aliphatic rings. The molecule has 0 saturated carbocycles. The highest BCUT2D eigenvalue weighted by Crippen LogP contribution is 2.24. The highest BCUT2D eigenvalue weighted by molar-refractivity contribution is 5.38. The molecule has 0 bridgehead atoms. The Bertz CT molecular complexity index is 285. The summed E-state index contributed by atoms with van der Waals surface area (Å²) in [5, 5.41) is 9.17. The molecular weight excluding hydrogens is 162 g/mol. The van der Waals surface area contributed by atoms with Crippen LogP contribution in [-0.4, -0.2) is 11.7 Å². The second kappa shape index (κ2) is 3.48. The summed E-state index contributed by atoms with van der Waals surface area (Å²) in [5.41, 5.74) is 8.69. The van der Waals surface area contributed by atoms with E-state index in [9.17, 15) is 5.11 Å². The molecule has 0 amide bonds. The summed E-state index contributed by atoms with van der Waals surface area (Å²) in [4.78, 5) is 0. The number of hydrogen-bond acceptors (Lipinski definition) is 2. The highest BCUT2D eigenvalue weighted by Gasteiger charge is 2.23. The molecule has 1 atom stereocenters. The van der Waals surface area contributed by atoms with Crippen LogP contribution in [0.25, 0.3) is 0 Å². The van der Waals surface area contributed by atoms with Crippen molar-refractivity contribution in [1.29, 1.82) is 0 Å². The van der Waals surface area contributed by atoms with Crippen molar-refractivity contribution in [3.63, 3.8) is 0 Å². The quantitative estimate of drug-likeness (QED) is 0.722. The zero-order valence-corrected chi connectivity index (χ0v) is 8.46. The molecular formula is C11H17NO. The fourth-order valence-corrected chi connectivity index (χ4v) is 1.79. The Morgan fingerprint density at radius 3 is 2.15 bits per heavy atom. The average Bonchev–Trinajstić information content (AvgIpc) is 2.03. The van der Waals surface area contributed by atoms with Crippen molar-refractivity contribution >= 4 is 0 Å². The minimum absolute atomic E-state index is 0.0291. The molecule has 0 aliphatic carbocycles. The van der Waals surface area contributed by atoms with Gasteiger partial charge >= 0.3 is 0 Å². The molecule has 0 unspecified atom stereocenters. The maximum atomic E-state index is 9.17. The monoisotopic (exact) mass is 179 g/mol. The zero-order chi connectivity index (χ0) is 10.1. The lowest BCUT2D eigenvalue weighted by Crippen LogP contribution is -2.38. The Hall–Kier alpha value is -0.860. The van der Waals surface area contributed by atoms with Crippen molar-refractivity contribution in [1.82, 2.24) is 0 Å². The van der Waals surface area contributed by atoms with Crippen LogP contribution in [0.4, 0.5) is 0 Å². The third-order valence-corrected chi connectivity index (χ3v) is 2.38. The lowest BCUT2D eigenvalue weighted by atomic mass is 9.87. The summed E-state index contributed by atoms with van der Waals surface area (Å²) in [6.45, 7) is 5.85. The Kier molecular flexibility index (Phi) is 2.74. The van der Waals surface area contributed by atoms with Crippen molar-refractivity contribution in [2.24, 2.45) is 5.73 Å². The molecule has 1 aromatic carbocycles. The first kappa shape index (κ1) is 10.2. The van der Waals surface area contributed by atoms with Gasteiger partial charge in [0.1, 0.15) is 0 Å². The van der Waals surface area contributed by atoms with Crippen molar-refractivity contribution in [2.75, 3.05) is 6.61 Å². The molecule has 1 rings (SSSR count). The summed E-state index contributed by atoms with van der Waals surface area (Å²) in [6, 6.07) is 6.04. The number of hydrogen-bond donors (Lipinski definition) is 2. The standard InChI is InChI=1S/C11H17NO/c1-8-5-4-6-9(2)10(8)11(3,12)7-13/h4-6,13H,7,12H2,1-3H3/t11-/m0/s1. The molecule has 0 radical (unpaired) electrons. The van der Waals surface area contributed by atoms with E-state index < -0.39 is 5.54 Å². The van der Waals surface area contributed by atoms with Crippen LogP contribution in [0.5, 0.6) is 0 Å². The number of rotatable bonds is 2. The summed E-state index contributed by atoms with van der Waals surface area (Å²) < 4.78 is 0. The molecule has 13 heavy (non-hydrogen) atoms. The van der Waals surface area contributed by atoms with Gasteiger partial charge in [0.25, 0.3) is 0 Å². The van der Waals surface area contributed by atoms with Crippen LogP contribution >= 0.6 is 0 Å². The number of benzene rings is 1. The molecule has 0 saturated heterocycles. The minimum atomic E-state index is -0.630. The average molecular weight is 179 g/mol. The molecule has 0 aliphatic heterocycles. The van der Waals surface area contributed by atoms with E-state index in [1.54, 1.807) is 0 Å². The Morgan fingerprint density at radius 1 is 1.31 bits per heavy atom. The van der Waals surface area contributed by atoms with Crippen LogP contribution in [0.15, 0.2) is 18.2 Å². The highest BCUT2D eigenvalue weighted by atomic mass is 16.3. The van der Waals surface area contributed by atoms with E-state index in [1.807, 2.05) is 39.0 Å². The smallest absolute Gasteiger partial charge is 0.0650 e. The van der Waals surface area contributed by atoms with Gasteiger partial charge in [-0.05, 0) is 37.5 Å².